The third-order valence-electron chi connectivity index (χ3n) is 2.03. The first-order chi connectivity index (χ1) is 6.76. The molecule has 0 radical (unpaired) electrons. The number of fused-ring (bicyclic) bond motifs is 1. The van der Waals surface area contributed by atoms with Gasteiger partial charge in [-0.05, 0) is 39.9 Å². The molecule has 14 heavy (non-hydrogen) atoms. The Labute approximate surface area is 108 Å². The summed E-state index contributed by atoms with van der Waals surface area (Å²) in [4.78, 5) is 1.37. The summed E-state index contributed by atoms with van der Waals surface area (Å²) in [6.07, 6.45) is 2.12. The van der Waals surface area contributed by atoms with Crippen LogP contribution >= 0.6 is 55.0 Å². The molecule has 0 fully saturated rings. The first-order valence-corrected chi connectivity index (χ1v) is 8.07. The van der Waals surface area contributed by atoms with Gasteiger partial charge in [-0.25, -0.2) is 0 Å². The van der Waals surface area contributed by atoms with Crippen molar-refractivity contribution in [3.8, 4) is 0 Å². The van der Waals surface area contributed by atoms with Crippen LogP contribution < -0.4 is 0 Å². The molecular formula is C10H8Br2S2. The van der Waals surface area contributed by atoms with E-state index in [1.165, 1.54) is 25.0 Å². The quantitative estimate of drug-likeness (QED) is 0.523. The molecule has 0 aliphatic heterocycles. The zero-order valence-corrected chi connectivity index (χ0v) is 12.3. The summed E-state index contributed by atoms with van der Waals surface area (Å²) < 4.78 is 2.55. The number of halogens is 2. The fourth-order valence-corrected chi connectivity index (χ4v) is 4.27. The molecule has 74 valence electrons. The summed E-state index contributed by atoms with van der Waals surface area (Å²) in [5.41, 5.74) is 1.32. The maximum Gasteiger partial charge on any atom is 0.0496 e. The molecule has 0 amide bonds. The molecule has 1 aromatic heterocycles. The summed E-state index contributed by atoms with van der Waals surface area (Å²) in [6.45, 7) is 0. The van der Waals surface area contributed by atoms with Crippen molar-refractivity contribution < 1.29 is 0 Å². The van der Waals surface area contributed by atoms with E-state index in [2.05, 4.69) is 55.6 Å². The molecule has 1 heterocycles. The molecule has 0 saturated carbocycles. The molecule has 0 saturated heterocycles. The molecule has 2 rings (SSSR count). The van der Waals surface area contributed by atoms with Gasteiger partial charge in [0.15, 0.2) is 0 Å². The Hall–Kier alpha value is 0.490. The van der Waals surface area contributed by atoms with E-state index < -0.39 is 0 Å². The van der Waals surface area contributed by atoms with E-state index in [1.54, 1.807) is 11.3 Å². The van der Waals surface area contributed by atoms with E-state index >= 15 is 0 Å². The van der Waals surface area contributed by atoms with E-state index in [9.17, 15) is 0 Å². The molecular weight excluding hydrogens is 344 g/mol. The average Bonchev–Trinajstić information content (AvgIpc) is 2.61. The van der Waals surface area contributed by atoms with Crippen LogP contribution in [-0.2, 0) is 5.33 Å². The highest BCUT2D eigenvalue weighted by molar-refractivity contribution is 9.10. The van der Waals surface area contributed by atoms with Crippen molar-refractivity contribution in [1.82, 2.24) is 0 Å². The zero-order chi connectivity index (χ0) is 10.1. The lowest BCUT2D eigenvalue weighted by atomic mass is 10.2. The van der Waals surface area contributed by atoms with Gasteiger partial charge < -0.3 is 0 Å². The first-order valence-electron chi connectivity index (χ1n) is 4.06. The molecule has 0 aliphatic carbocycles. The van der Waals surface area contributed by atoms with Crippen molar-refractivity contribution in [1.29, 1.82) is 0 Å². The Morgan fingerprint density at radius 3 is 2.86 bits per heavy atom. The van der Waals surface area contributed by atoms with Crippen LogP contribution in [0.2, 0.25) is 0 Å². The second-order valence-electron chi connectivity index (χ2n) is 2.89. The standard InChI is InChI=1S/C10H8Br2S2/c1-13-9-5-14-10-7(9)2-6(4-11)3-8(10)12/h2-3,5H,4H2,1H3. The molecule has 0 aliphatic rings. The third kappa shape index (κ3) is 1.90. The second-order valence-corrected chi connectivity index (χ2v) is 6.03. The molecule has 0 bridgehead atoms. The van der Waals surface area contributed by atoms with E-state index in [4.69, 9.17) is 0 Å². The van der Waals surface area contributed by atoms with Crippen LogP contribution in [0, 0.1) is 0 Å². The van der Waals surface area contributed by atoms with Gasteiger partial charge in [-0.2, -0.15) is 0 Å². The monoisotopic (exact) mass is 350 g/mol. The summed E-state index contributed by atoms with van der Waals surface area (Å²) >= 11 is 10.7. The fourth-order valence-electron chi connectivity index (χ4n) is 1.36. The highest BCUT2D eigenvalue weighted by Crippen LogP contribution is 2.37. The lowest BCUT2D eigenvalue weighted by Crippen LogP contribution is -1.78. The summed E-state index contributed by atoms with van der Waals surface area (Å²) in [6, 6.07) is 4.44. The van der Waals surface area contributed by atoms with Crippen molar-refractivity contribution >= 4 is 65.0 Å². The van der Waals surface area contributed by atoms with E-state index in [-0.39, 0.29) is 0 Å². The van der Waals surface area contributed by atoms with Crippen molar-refractivity contribution in [3.05, 3.63) is 27.5 Å². The van der Waals surface area contributed by atoms with Crippen molar-refractivity contribution in [2.24, 2.45) is 0 Å². The lowest BCUT2D eigenvalue weighted by Gasteiger charge is -2.00. The fraction of sp³-hybridized carbons (Fsp3) is 0.200. The first kappa shape index (κ1) is 11.0. The van der Waals surface area contributed by atoms with Gasteiger partial charge in [0.05, 0.1) is 0 Å². The van der Waals surface area contributed by atoms with Crippen LogP contribution in [0.3, 0.4) is 0 Å². The number of thiophene rings is 1. The smallest absolute Gasteiger partial charge is 0.0496 e. The molecule has 2 aromatic rings. The lowest BCUT2D eigenvalue weighted by molar-refractivity contribution is 1.45. The minimum Gasteiger partial charge on any atom is -0.141 e. The van der Waals surface area contributed by atoms with Gasteiger partial charge in [0.1, 0.15) is 0 Å². The molecule has 0 N–H and O–H groups in total. The predicted octanol–water partition coefficient (Wildman–Crippen LogP) is 5.28. The van der Waals surface area contributed by atoms with E-state index in [1.807, 2.05) is 11.8 Å². The normalized spacial score (nSPS) is 11.1. The van der Waals surface area contributed by atoms with Crippen LogP contribution in [0.1, 0.15) is 5.56 Å². The summed E-state index contributed by atoms with van der Waals surface area (Å²) in [7, 11) is 0. The number of benzene rings is 1. The number of hydrogen-bond donors (Lipinski definition) is 0. The zero-order valence-electron chi connectivity index (χ0n) is 7.51. The van der Waals surface area contributed by atoms with Gasteiger partial charge in [-0.3, -0.25) is 0 Å². The van der Waals surface area contributed by atoms with Gasteiger partial charge >= 0.3 is 0 Å². The van der Waals surface area contributed by atoms with Crippen LogP contribution in [-0.4, -0.2) is 6.26 Å². The predicted molar refractivity (Wildman–Crippen MR) is 73.9 cm³/mol. The minimum atomic E-state index is 0.908. The van der Waals surface area contributed by atoms with Gasteiger partial charge in [0, 0.05) is 30.2 Å². The van der Waals surface area contributed by atoms with Crippen LogP contribution in [0.4, 0.5) is 0 Å². The molecule has 0 unspecified atom stereocenters. The van der Waals surface area contributed by atoms with Crippen molar-refractivity contribution in [3.63, 3.8) is 0 Å². The average molecular weight is 352 g/mol. The van der Waals surface area contributed by atoms with Crippen LogP contribution in [0.25, 0.3) is 10.1 Å². The maximum absolute atomic E-state index is 3.61. The number of hydrogen-bond acceptors (Lipinski definition) is 2. The topological polar surface area (TPSA) is 0 Å². The highest BCUT2D eigenvalue weighted by atomic mass is 79.9. The van der Waals surface area contributed by atoms with Crippen molar-refractivity contribution in [2.45, 2.75) is 10.2 Å². The van der Waals surface area contributed by atoms with Gasteiger partial charge in [-0.15, -0.1) is 23.1 Å². The Kier molecular flexibility index (Phi) is 3.58. The van der Waals surface area contributed by atoms with E-state index in [0.29, 0.717) is 0 Å². The molecule has 1 aromatic carbocycles. The SMILES string of the molecule is CSc1csc2c(Br)cc(CBr)cc12. The Morgan fingerprint density at radius 2 is 2.21 bits per heavy atom. The highest BCUT2D eigenvalue weighted by Gasteiger charge is 2.07. The largest absolute Gasteiger partial charge is 0.141 e. The van der Waals surface area contributed by atoms with Gasteiger partial charge in [-0.1, -0.05) is 15.9 Å². The Balaban J connectivity index is 2.73. The third-order valence-corrected chi connectivity index (χ3v) is 5.52. The molecule has 0 spiro atoms. The Morgan fingerprint density at radius 1 is 1.43 bits per heavy atom. The van der Waals surface area contributed by atoms with Gasteiger partial charge in [0.2, 0.25) is 0 Å². The molecule has 0 nitrogen and oxygen atoms in total. The number of alkyl halides is 1. The minimum absolute atomic E-state index is 0.908. The number of thioether (sulfide) groups is 1. The summed E-state index contributed by atoms with van der Waals surface area (Å²) in [5, 5.41) is 4.50. The Bertz CT molecular complexity index is 462. The van der Waals surface area contributed by atoms with Crippen LogP contribution in [0.15, 0.2) is 26.9 Å². The van der Waals surface area contributed by atoms with E-state index in [0.717, 1.165) is 5.33 Å². The molecule has 0 atom stereocenters. The number of rotatable bonds is 2. The second kappa shape index (κ2) is 4.56. The maximum atomic E-state index is 3.61. The van der Waals surface area contributed by atoms with Crippen LogP contribution in [0.5, 0.6) is 0 Å². The van der Waals surface area contributed by atoms with Gasteiger partial charge in [0.25, 0.3) is 0 Å². The molecule has 4 heteroatoms. The van der Waals surface area contributed by atoms with Crippen molar-refractivity contribution in [2.75, 3.05) is 6.26 Å². The summed E-state index contributed by atoms with van der Waals surface area (Å²) in [5.74, 6) is 0.